The van der Waals surface area contributed by atoms with Gasteiger partial charge >= 0.3 is 0 Å². The van der Waals surface area contributed by atoms with Gasteiger partial charge in [0.15, 0.2) is 0 Å². The lowest BCUT2D eigenvalue weighted by atomic mass is 10.1. The van der Waals surface area contributed by atoms with Gasteiger partial charge in [-0.25, -0.2) is 4.39 Å². The third-order valence-electron chi connectivity index (χ3n) is 3.04. The smallest absolute Gasteiger partial charge is 0.134 e. The molecule has 0 aliphatic rings. The average molecular weight is 352 g/mol. The maximum absolute atomic E-state index is 13.0. The minimum Gasteiger partial charge on any atom is -0.488 e. The van der Waals surface area contributed by atoms with Gasteiger partial charge in [0.25, 0.3) is 0 Å². The van der Waals surface area contributed by atoms with Gasteiger partial charge in [-0.3, -0.25) is 0 Å². The number of halogens is 2. The topological polar surface area (TPSA) is 21.3 Å². The van der Waals surface area contributed by atoms with Crippen molar-refractivity contribution in [1.82, 2.24) is 5.32 Å². The lowest BCUT2D eigenvalue weighted by Crippen LogP contribution is -2.13. The Kier molecular flexibility index (Phi) is 6.21. The van der Waals surface area contributed by atoms with E-state index in [-0.39, 0.29) is 5.82 Å². The van der Waals surface area contributed by atoms with Gasteiger partial charge in [0.2, 0.25) is 0 Å². The Bertz CT molecular complexity index is 589. The Morgan fingerprint density at radius 2 is 1.95 bits per heavy atom. The van der Waals surface area contributed by atoms with Gasteiger partial charge in [0.1, 0.15) is 18.2 Å². The van der Waals surface area contributed by atoms with E-state index in [1.807, 2.05) is 12.1 Å². The van der Waals surface area contributed by atoms with E-state index in [9.17, 15) is 4.39 Å². The van der Waals surface area contributed by atoms with E-state index in [2.05, 4.69) is 40.3 Å². The number of hydrogen-bond donors (Lipinski definition) is 1. The van der Waals surface area contributed by atoms with Gasteiger partial charge in [-0.2, -0.15) is 0 Å². The van der Waals surface area contributed by atoms with Crippen LogP contribution in [0.3, 0.4) is 0 Å². The van der Waals surface area contributed by atoms with E-state index in [1.165, 1.54) is 17.7 Å². The number of nitrogens with one attached hydrogen (secondary N) is 1. The van der Waals surface area contributed by atoms with Crippen LogP contribution in [0.15, 0.2) is 46.9 Å². The number of rotatable bonds is 7. The molecule has 2 aromatic rings. The predicted molar refractivity (Wildman–Crippen MR) is 86.9 cm³/mol. The Morgan fingerprint density at radius 1 is 1.14 bits per heavy atom. The summed E-state index contributed by atoms with van der Waals surface area (Å²) < 4.78 is 19.4. The molecule has 21 heavy (non-hydrogen) atoms. The van der Waals surface area contributed by atoms with Crippen LogP contribution in [0.1, 0.15) is 24.5 Å². The first kappa shape index (κ1) is 16.0. The molecule has 0 radical (unpaired) electrons. The highest BCUT2D eigenvalue weighted by Crippen LogP contribution is 2.26. The summed E-state index contributed by atoms with van der Waals surface area (Å²) in [5, 5.41) is 3.38. The summed E-state index contributed by atoms with van der Waals surface area (Å²) in [7, 11) is 0. The first-order chi connectivity index (χ1) is 10.2. The Morgan fingerprint density at radius 3 is 2.71 bits per heavy atom. The van der Waals surface area contributed by atoms with Crippen LogP contribution in [0.4, 0.5) is 4.39 Å². The molecule has 0 heterocycles. The molecule has 0 fully saturated rings. The monoisotopic (exact) mass is 351 g/mol. The quantitative estimate of drug-likeness (QED) is 0.732. The van der Waals surface area contributed by atoms with Crippen molar-refractivity contribution in [1.29, 1.82) is 0 Å². The van der Waals surface area contributed by atoms with Crippen molar-refractivity contribution >= 4 is 15.9 Å². The van der Waals surface area contributed by atoms with E-state index in [4.69, 9.17) is 4.74 Å². The Balaban J connectivity index is 1.95. The first-order valence-electron chi connectivity index (χ1n) is 7.05. The third kappa shape index (κ3) is 5.14. The molecule has 4 heteroatoms. The summed E-state index contributed by atoms with van der Waals surface area (Å²) in [6, 6.07) is 12.7. The molecule has 0 saturated carbocycles. The third-order valence-corrected chi connectivity index (χ3v) is 3.66. The summed E-state index contributed by atoms with van der Waals surface area (Å²) in [5.41, 5.74) is 2.34. The van der Waals surface area contributed by atoms with Gasteiger partial charge in [0, 0.05) is 6.54 Å². The maximum atomic E-state index is 13.0. The first-order valence-corrected chi connectivity index (χ1v) is 7.84. The number of benzene rings is 2. The molecule has 2 rings (SSSR count). The van der Waals surface area contributed by atoms with Crippen LogP contribution < -0.4 is 10.1 Å². The van der Waals surface area contributed by atoms with Gasteiger partial charge in [-0.05, 0) is 58.2 Å². The molecule has 0 amide bonds. The molecule has 112 valence electrons. The fourth-order valence-electron chi connectivity index (χ4n) is 1.99. The zero-order valence-corrected chi connectivity index (χ0v) is 13.6. The maximum Gasteiger partial charge on any atom is 0.134 e. The van der Waals surface area contributed by atoms with Crippen LogP contribution in [0.2, 0.25) is 0 Å². The molecule has 2 aromatic carbocycles. The molecular weight excluding hydrogens is 333 g/mol. The summed E-state index contributed by atoms with van der Waals surface area (Å²) in [4.78, 5) is 0. The predicted octanol–water partition coefficient (Wildman–Crippen LogP) is 4.67. The zero-order chi connectivity index (χ0) is 15.1. The van der Waals surface area contributed by atoms with Crippen molar-refractivity contribution in [3.05, 3.63) is 63.9 Å². The highest BCUT2D eigenvalue weighted by atomic mass is 79.9. The van der Waals surface area contributed by atoms with Crippen molar-refractivity contribution < 1.29 is 9.13 Å². The Hall–Kier alpha value is -1.39. The van der Waals surface area contributed by atoms with Crippen LogP contribution in [0.25, 0.3) is 0 Å². The molecule has 0 aliphatic heterocycles. The number of hydrogen-bond acceptors (Lipinski definition) is 2. The van der Waals surface area contributed by atoms with Crippen LogP contribution in [0.5, 0.6) is 5.75 Å². The van der Waals surface area contributed by atoms with Crippen LogP contribution in [-0.4, -0.2) is 6.54 Å². The fourth-order valence-corrected chi connectivity index (χ4v) is 2.46. The lowest BCUT2D eigenvalue weighted by molar-refractivity contribution is 0.303. The lowest BCUT2D eigenvalue weighted by Gasteiger charge is -2.10. The second kappa shape index (κ2) is 8.15. The molecule has 0 atom stereocenters. The molecule has 0 saturated heterocycles. The fraction of sp³-hybridized carbons (Fsp3) is 0.294. The zero-order valence-electron chi connectivity index (χ0n) is 12.0. The van der Waals surface area contributed by atoms with Crippen molar-refractivity contribution in [3.8, 4) is 5.75 Å². The van der Waals surface area contributed by atoms with Crippen molar-refractivity contribution in [3.63, 3.8) is 0 Å². The summed E-state index contributed by atoms with van der Waals surface area (Å²) in [5.74, 6) is 0.365. The van der Waals surface area contributed by atoms with Crippen LogP contribution in [0, 0.1) is 5.82 Å². The normalized spacial score (nSPS) is 10.6. The van der Waals surface area contributed by atoms with Crippen LogP contribution >= 0.6 is 15.9 Å². The number of ether oxygens (including phenoxy) is 1. The van der Waals surface area contributed by atoms with E-state index in [0.29, 0.717) is 16.8 Å². The van der Waals surface area contributed by atoms with Crippen molar-refractivity contribution in [2.45, 2.75) is 26.5 Å². The van der Waals surface area contributed by atoms with Gasteiger partial charge in [0.05, 0.1) is 4.47 Å². The van der Waals surface area contributed by atoms with Gasteiger partial charge in [-0.1, -0.05) is 31.2 Å². The molecular formula is C17H19BrFNO. The molecule has 1 N–H and O–H groups in total. The second-order valence-corrected chi connectivity index (χ2v) is 5.71. The van der Waals surface area contributed by atoms with Crippen molar-refractivity contribution in [2.75, 3.05) is 6.54 Å². The van der Waals surface area contributed by atoms with Gasteiger partial charge in [-0.15, -0.1) is 0 Å². The molecule has 0 aromatic heterocycles. The summed E-state index contributed by atoms with van der Waals surface area (Å²) in [6.45, 7) is 4.49. The summed E-state index contributed by atoms with van der Waals surface area (Å²) in [6.07, 6.45) is 1.13. The van der Waals surface area contributed by atoms with Crippen LogP contribution in [-0.2, 0) is 13.2 Å². The van der Waals surface area contributed by atoms with E-state index < -0.39 is 0 Å². The van der Waals surface area contributed by atoms with Gasteiger partial charge < -0.3 is 10.1 Å². The molecule has 0 unspecified atom stereocenters. The summed E-state index contributed by atoms with van der Waals surface area (Å²) >= 11 is 3.30. The molecule has 2 nitrogen and oxygen atoms in total. The van der Waals surface area contributed by atoms with E-state index in [1.54, 1.807) is 6.07 Å². The highest BCUT2D eigenvalue weighted by molar-refractivity contribution is 9.10. The molecule has 0 aliphatic carbocycles. The minimum absolute atomic E-state index is 0.279. The Labute approximate surface area is 133 Å². The standard InChI is InChI=1S/C17H19BrFNO/c1-2-8-20-11-13-4-3-5-14(9-13)12-21-17-7-6-15(19)10-16(17)18/h3-7,9-10,20H,2,8,11-12H2,1H3. The second-order valence-electron chi connectivity index (χ2n) is 4.86. The minimum atomic E-state index is -0.279. The average Bonchev–Trinajstić information content (AvgIpc) is 2.47. The molecule has 0 spiro atoms. The van der Waals surface area contributed by atoms with E-state index in [0.717, 1.165) is 25.1 Å². The highest BCUT2D eigenvalue weighted by Gasteiger charge is 2.03. The molecule has 0 bridgehead atoms. The van der Waals surface area contributed by atoms with E-state index >= 15 is 0 Å². The largest absolute Gasteiger partial charge is 0.488 e. The van der Waals surface area contributed by atoms with Crippen molar-refractivity contribution in [2.24, 2.45) is 0 Å². The SMILES string of the molecule is CCCNCc1cccc(COc2ccc(F)cc2Br)c1.